The molecule has 18 heteroatoms. The summed E-state index contributed by atoms with van der Waals surface area (Å²) in [6.07, 6.45) is 1.55. The van der Waals surface area contributed by atoms with E-state index in [-0.39, 0.29) is 39.1 Å². The predicted molar refractivity (Wildman–Crippen MR) is 144 cm³/mol. The summed E-state index contributed by atoms with van der Waals surface area (Å²) in [6.45, 7) is 0.207. The van der Waals surface area contributed by atoms with E-state index in [4.69, 9.17) is 35.3 Å². The van der Waals surface area contributed by atoms with E-state index in [0.29, 0.717) is 10.6 Å². The molecule has 2 saturated heterocycles. The molecule has 13 nitrogen and oxygen atoms in total. The SMILES string of the molecule is NC(=S)NCc1cc(SC2(C(=O)O)CS[C@@H]3[C@H](NC(=O)C(=NO)c4nc(N)sc4Cl)C(=O)N3C2)ccn1. The fraction of sp³-hybridized carbons (Fsp3) is 0.316. The number of hydrogen-bond donors (Lipinski definition) is 6. The number of aromatic nitrogens is 2. The van der Waals surface area contributed by atoms with Gasteiger partial charge in [-0.15, -0.1) is 23.5 Å². The van der Waals surface area contributed by atoms with Crippen molar-refractivity contribution in [3.63, 3.8) is 0 Å². The third-order valence-corrected chi connectivity index (χ3v) is 9.68. The molecule has 8 N–H and O–H groups in total. The van der Waals surface area contributed by atoms with Crippen LogP contribution in [0.25, 0.3) is 0 Å². The van der Waals surface area contributed by atoms with Gasteiger partial charge in [0.05, 0.1) is 12.2 Å². The van der Waals surface area contributed by atoms with Crippen molar-refractivity contribution in [1.82, 2.24) is 25.5 Å². The Morgan fingerprint density at radius 2 is 2.22 bits per heavy atom. The Balaban J connectivity index is 1.45. The molecule has 0 bridgehead atoms. The van der Waals surface area contributed by atoms with Gasteiger partial charge in [0.15, 0.2) is 16.0 Å². The number of oxime groups is 1. The summed E-state index contributed by atoms with van der Waals surface area (Å²) in [5.74, 6) is -2.25. The van der Waals surface area contributed by atoms with Crippen LogP contribution in [0.3, 0.4) is 0 Å². The number of pyridine rings is 1. The van der Waals surface area contributed by atoms with Gasteiger partial charge in [-0.25, -0.2) is 4.98 Å². The second-order valence-corrected chi connectivity index (χ2v) is 12.5. The average Bonchev–Trinajstić information content (AvgIpc) is 3.19. The van der Waals surface area contributed by atoms with Crippen LogP contribution in [0.1, 0.15) is 11.4 Å². The minimum Gasteiger partial charge on any atom is -0.480 e. The van der Waals surface area contributed by atoms with Crippen molar-refractivity contribution in [2.24, 2.45) is 10.9 Å². The van der Waals surface area contributed by atoms with Crippen LogP contribution in [0, 0.1) is 0 Å². The van der Waals surface area contributed by atoms with E-state index in [1.54, 1.807) is 18.3 Å². The zero-order valence-corrected chi connectivity index (χ0v) is 22.6. The molecule has 3 atom stereocenters. The van der Waals surface area contributed by atoms with E-state index in [2.05, 4.69) is 25.8 Å². The van der Waals surface area contributed by atoms with Gasteiger partial charge >= 0.3 is 5.97 Å². The van der Waals surface area contributed by atoms with Crippen molar-refractivity contribution < 1.29 is 24.7 Å². The molecule has 2 aromatic rings. The lowest BCUT2D eigenvalue weighted by Crippen LogP contribution is -2.74. The minimum atomic E-state index is -1.33. The predicted octanol–water partition coefficient (Wildman–Crippen LogP) is 0.301. The van der Waals surface area contributed by atoms with Crippen LogP contribution in [-0.4, -0.2) is 82.2 Å². The summed E-state index contributed by atoms with van der Waals surface area (Å²) in [6, 6.07) is 2.47. The second kappa shape index (κ2) is 10.9. The highest BCUT2D eigenvalue weighted by Crippen LogP contribution is 2.46. The zero-order chi connectivity index (χ0) is 26.9. The molecule has 0 aromatic carbocycles. The van der Waals surface area contributed by atoms with Crippen molar-refractivity contribution in [3.05, 3.63) is 34.1 Å². The van der Waals surface area contributed by atoms with Gasteiger partial charge in [-0.3, -0.25) is 19.4 Å². The van der Waals surface area contributed by atoms with Gasteiger partial charge in [0.1, 0.15) is 26.2 Å². The van der Waals surface area contributed by atoms with Crippen molar-refractivity contribution in [3.8, 4) is 0 Å². The largest absolute Gasteiger partial charge is 0.480 e. The van der Waals surface area contributed by atoms with E-state index in [1.165, 1.54) is 16.7 Å². The third-order valence-electron chi connectivity index (χ3n) is 5.42. The first kappa shape index (κ1) is 27.2. The van der Waals surface area contributed by atoms with Crippen molar-refractivity contribution in [2.45, 2.75) is 27.6 Å². The maximum absolute atomic E-state index is 12.9. The van der Waals surface area contributed by atoms with Gasteiger partial charge in [0.2, 0.25) is 5.91 Å². The fourth-order valence-electron chi connectivity index (χ4n) is 3.68. The van der Waals surface area contributed by atoms with Crippen LogP contribution in [0.4, 0.5) is 5.13 Å². The lowest BCUT2D eigenvalue weighted by atomic mass is 10.0. The minimum absolute atomic E-state index is 0.0538. The lowest BCUT2D eigenvalue weighted by Gasteiger charge is -2.53. The number of carbonyl (C=O) groups excluding carboxylic acids is 2. The molecule has 37 heavy (non-hydrogen) atoms. The fourth-order valence-corrected chi connectivity index (χ4v) is 7.58. The van der Waals surface area contributed by atoms with Crippen LogP contribution in [-0.2, 0) is 20.9 Å². The van der Waals surface area contributed by atoms with Crippen molar-refractivity contribution in [2.75, 3.05) is 18.0 Å². The molecule has 0 spiro atoms. The number of aliphatic carboxylic acids is 1. The van der Waals surface area contributed by atoms with E-state index < -0.39 is 39.7 Å². The van der Waals surface area contributed by atoms with Crippen molar-refractivity contribution in [1.29, 1.82) is 0 Å². The Bertz CT molecular complexity index is 1310. The number of nitrogen functional groups attached to an aromatic ring is 1. The summed E-state index contributed by atoms with van der Waals surface area (Å²) in [5, 5.41) is 27.4. The van der Waals surface area contributed by atoms with Gasteiger partial charge in [-0.2, -0.15) is 0 Å². The molecule has 4 heterocycles. The number of fused-ring (bicyclic) bond motifs is 1. The number of hydrogen-bond acceptors (Lipinski definition) is 12. The number of nitrogens with zero attached hydrogens (tertiary/aromatic N) is 4. The number of anilines is 1. The van der Waals surface area contributed by atoms with Crippen LogP contribution < -0.4 is 22.1 Å². The van der Waals surface area contributed by atoms with Crippen LogP contribution >= 0.6 is 58.7 Å². The van der Waals surface area contributed by atoms with E-state index in [9.17, 15) is 24.7 Å². The standard InChI is InChI=1S/C19H19ClN8O5S4/c20-12-9(26-18(22)36-12)10(27-33)13(29)25-11-14(30)28-5-19(16(31)32,6-35-15(11)28)37-8-1-2-23-7(3-8)4-24-17(21)34/h1-3,11,15,33H,4-6H2,(H2,22,26)(H,25,29)(H,31,32)(H3,21,24,34)/t11-,15-,19?/m1/s1. The maximum Gasteiger partial charge on any atom is 0.322 e. The normalized spacial score (nSPS) is 23.1. The first-order valence-electron chi connectivity index (χ1n) is 10.3. The Labute approximate surface area is 232 Å². The number of nitrogens with two attached hydrogens (primary N) is 2. The molecule has 0 saturated carbocycles. The molecule has 4 rings (SSSR count). The van der Waals surface area contributed by atoms with E-state index >= 15 is 0 Å². The quantitative estimate of drug-likeness (QED) is 0.0790. The molecule has 196 valence electrons. The summed E-state index contributed by atoms with van der Waals surface area (Å²) < 4.78 is -1.28. The summed E-state index contributed by atoms with van der Waals surface area (Å²) in [7, 11) is 0. The second-order valence-electron chi connectivity index (χ2n) is 7.84. The smallest absolute Gasteiger partial charge is 0.322 e. The number of carbonyl (C=O) groups is 3. The van der Waals surface area contributed by atoms with Gasteiger partial charge < -0.3 is 37.3 Å². The third kappa shape index (κ3) is 5.54. The maximum atomic E-state index is 12.9. The number of amides is 2. The molecule has 2 aliphatic heterocycles. The molecular formula is C19H19ClN8O5S4. The van der Waals surface area contributed by atoms with Crippen LogP contribution in [0.2, 0.25) is 4.34 Å². The molecule has 0 aliphatic carbocycles. The molecule has 2 fully saturated rings. The van der Waals surface area contributed by atoms with Crippen molar-refractivity contribution >= 4 is 92.4 Å². The number of thioether (sulfide) groups is 2. The average molecular weight is 603 g/mol. The van der Waals surface area contributed by atoms with Gasteiger partial charge in [-0.05, 0) is 24.4 Å². The Hall–Kier alpha value is -2.86. The number of thiocarbonyl (C=S) groups is 1. The Morgan fingerprint density at radius 3 is 2.84 bits per heavy atom. The number of carboxylic acids is 1. The van der Waals surface area contributed by atoms with Gasteiger partial charge in [0, 0.05) is 23.4 Å². The molecule has 2 aromatic heterocycles. The number of rotatable bonds is 8. The molecule has 1 unspecified atom stereocenters. The van der Waals surface area contributed by atoms with Crippen LogP contribution in [0.15, 0.2) is 28.4 Å². The Morgan fingerprint density at radius 1 is 1.46 bits per heavy atom. The molecular weight excluding hydrogens is 584 g/mol. The van der Waals surface area contributed by atoms with Gasteiger partial charge in [-0.1, -0.05) is 28.1 Å². The Kier molecular flexibility index (Phi) is 7.98. The monoisotopic (exact) mass is 602 g/mol. The highest BCUT2D eigenvalue weighted by atomic mass is 35.5. The first-order chi connectivity index (χ1) is 17.5. The lowest BCUT2D eigenvalue weighted by molar-refractivity contribution is -0.151. The van der Waals surface area contributed by atoms with Crippen LogP contribution in [0.5, 0.6) is 0 Å². The van der Waals surface area contributed by atoms with Gasteiger partial charge in [0.25, 0.3) is 5.91 Å². The topological polar surface area (TPSA) is 209 Å². The number of carboxylic acid groups (broad SMARTS) is 1. The van der Waals surface area contributed by atoms with E-state index in [1.807, 2.05) is 0 Å². The highest BCUT2D eigenvalue weighted by molar-refractivity contribution is 8.05. The molecule has 2 aliphatic rings. The van der Waals surface area contributed by atoms with E-state index in [0.717, 1.165) is 23.1 Å². The summed E-state index contributed by atoms with van der Waals surface area (Å²) >= 11 is 14.0. The summed E-state index contributed by atoms with van der Waals surface area (Å²) in [4.78, 5) is 48.1. The number of β-lactam (4-membered cyclic amide) rings is 1. The first-order valence-corrected chi connectivity index (χ1v) is 13.8. The number of nitrogens with one attached hydrogen (secondary N) is 2. The number of halogens is 1. The molecule has 2 amide bonds. The molecule has 0 radical (unpaired) electrons. The zero-order valence-electron chi connectivity index (χ0n) is 18.6. The number of thiazole rings is 1. The highest BCUT2D eigenvalue weighted by Gasteiger charge is 2.58. The summed E-state index contributed by atoms with van der Waals surface area (Å²) in [5.41, 5.74) is 11.1.